The van der Waals surface area contributed by atoms with Crippen molar-refractivity contribution in [2.75, 3.05) is 6.54 Å². The average Bonchev–Trinajstić information content (AvgIpc) is 2.19. The Bertz CT molecular complexity index is 171. The molecule has 0 fully saturated rings. The molecule has 2 nitrogen and oxygen atoms in total. The highest BCUT2D eigenvalue weighted by molar-refractivity contribution is 4.78. The standard InChI is InChI=1S/C13H26N2/c1-5-8-12(3)15(11-7-10-14)13(4)9-6-2/h12-13H,5-9,11H2,1-4H3. The summed E-state index contributed by atoms with van der Waals surface area (Å²) in [7, 11) is 0. The van der Waals surface area contributed by atoms with Gasteiger partial charge in [-0.3, -0.25) is 4.90 Å². The zero-order chi connectivity index (χ0) is 11.7. The summed E-state index contributed by atoms with van der Waals surface area (Å²) in [5.74, 6) is 0. The molecule has 15 heavy (non-hydrogen) atoms. The van der Waals surface area contributed by atoms with E-state index >= 15 is 0 Å². The maximum absolute atomic E-state index is 8.66. The largest absolute Gasteiger partial charge is 0.297 e. The summed E-state index contributed by atoms with van der Waals surface area (Å²) in [5, 5.41) is 8.66. The van der Waals surface area contributed by atoms with Gasteiger partial charge in [-0.15, -0.1) is 0 Å². The Kier molecular flexibility index (Phi) is 8.41. The normalized spacial score (nSPS) is 14.9. The molecule has 0 saturated carbocycles. The third-order valence-corrected chi connectivity index (χ3v) is 3.03. The molecule has 0 aromatic heterocycles. The van der Waals surface area contributed by atoms with Crippen molar-refractivity contribution in [1.82, 2.24) is 4.90 Å². The van der Waals surface area contributed by atoms with Gasteiger partial charge in [-0.25, -0.2) is 0 Å². The second kappa shape index (κ2) is 8.73. The van der Waals surface area contributed by atoms with Crippen molar-refractivity contribution in [3.05, 3.63) is 0 Å². The first-order valence-corrected chi connectivity index (χ1v) is 6.30. The van der Waals surface area contributed by atoms with Gasteiger partial charge in [0.05, 0.1) is 6.07 Å². The molecule has 2 atom stereocenters. The third-order valence-electron chi connectivity index (χ3n) is 3.03. The topological polar surface area (TPSA) is 27.0 Å². The van der Waals surface area contributed by atoms with Gasteiger partial charge >= 0.3 is 0 Å². The monoisotopic (exact) mass is 210 g/mol. The van der Waals surface area contributed by atoms with E-state index in [0.29, 0.717) is 18.5 Å². The minimum absolute atomic E-state index is 0.616. The van der Waals surface area contributed by atoms with E-state index < -0.39 is 0 Å². The fourth-order valence-electron chi connectivity index (χ4n) is 2.22. The van der Waals surface area contributed by atoms with Gasteiger partial charge in [0.15, 0.2) is 0 Å². The summed E-state index contributed by atoms with van der Waals surface area (Å²) >= 11 is 0. The summed E-state index contributed by atoms with van der Waals surface area (Å²) in [4.78, 5) is 2.50. The molecule has 0 radical (unpaired) electrons. The number of hydrogen-bond acceptors (Lipinski definition) is 2. The van der Waals surface area contributed by atoms with Crippen LogP contribution in [0, 0.1) is 11.3 Å². The van der Waals surface area contributed by atoms with Gasteiger partial charge in [-0.2, -0.15) is 5.26 Å². The van der Waals surface area contributed by atoms with E-state index in [2.05, 4.69) is 38.7 Å². The van der Waals surface area contributed by atoms with Crippen LogP contribution in [-0.4, -0.2) is 23.5 Å². The lowest BCUT2D eigenvalue weighted by molar-refractivity contribution is 0.141. The van der Waals surface area contributed by atoms with E-state index in [9.17, 15) is 0 Å². The Morgan fingerprint density at radius 1 is 1.07 bits per heavy atom. The first kappa shape index (κ1) is 14.5. The molecule has 0 bridgehead atoms. The highest BCUT2D eigenvalue weighted by atomic mass is 15.2. The van der Waals surface area contributed by atoms with Crippen LogP contribution in [0.5, 0.6) is 0 Å². The van der Waals surface area contributed by atoms with Gasteiger partial charge in [-0.05, 0) is 26.7 Å². The van der Waals surface area contributed by atoms with Crippen molar-refractivity contribution < 1.29 is 0 Å². The number of rotatable bonds is 8. The number of hydrogen-bond donors (Lipinski definition) is 0. The van der Waals surface area contributed by atoms with Gasteiger partial charge in [0.2, 0.25) is 0 Å². The van der Waals surface area contributed by atoms with Crippen molar-refractivity contribution in [2.24, 2.45) is 0 Å². The second-order valence-corrected chi connectivity index (χ2v) is 4.42. The van der Waals surface area contributed by atoms with Crippen LogP contribution in [0.1, 0.15) is 59.8 Å². The summed E-state index contributed by atoms with van der Waals surface area (Å²) in [6.07, 6.45) is 5.58. The van der Waals surface area contributed by atoms with Crippen molar-refractivity contribution in [1.29, 1.82) is 5.26 Å². The molecule has 88 valence electrons. The van der Waals surface area contributed by atoms with Crippen LogP contribution in [0.4, 0.5) is 0 Å². The molecule has 0 aromatic rings. The highest BCUT2D eigenvalue weighted by Crippen LogP contribution is 2.14. The maximum Gasteiger partial charge on any atom is 0.0635 e. The maximum atomic E-state index is 8.66. The van der Waals surface area contributed by atoms with Crippen molar-refractivity contribution in [3.63, 3.8) is 0 Å². The summed E-state index contributed by atoms with van der Waals surface area (Å²) in [6.45, 7) is 9.95. The van der Waals surface area contributed by atoms with Gasteiger partial charge in [-0.1, -0.05) is 26.7 Å². The fraction of sp³-hybridized carbons (Fsp3) is 0.923. The predicted molar refractivity (Wildman–Crippen MR) is 65.7 cm³/mol. The minimum Gasteiger partial charge on any atom is -0.297 e. The van der Waals surface area contributed by atoms with Gasteiger partial charge in [0.25, 0.3) is 0 Å². The molecule has 0 saturated heterocycles. The first-order valence-electron chi connectivity index (χ1n) is 6.30. The van der Waals surface area contributed by atoms with Crippen LogP contribution in [0.25, 0.3) is 0 Å². The van der Waals surface area contributed by atoms with Crippen LogP contribution in [-0.2, 0) is 0 Å². The Balaban J connectivity index is 4.22. The Morgan fingerprint density at radius 3 is 1.87 bits per heavy atom. The predicted octanol–water partition coefficient (Wildman–Crippen LogP) is 3.58. The third kappa shape index (κ3) is 5.79. The molecule has 0 aliphatic heterocycles. The van der Waals surface area contributed by atoms with Crippen molar-refractivity contribution >= 4 is 0 Å². The van der Waals surface area contributed by atoms with E-state index in [4.69, 9.17) is 5.26 Å². The molecule has 0 heterocycles. The summed E-state index contributed by atoms with van der Waals surface area (Å²) < 4.78 is 0. The Morgan fingerprint density at radius 2 is 1.53 bits per heavy atom. The molecule has 0 aliphatic rings. The molecule has 2 heteroatoms. The molecule has 0 rings (SSSR count). The molecule has 0 aromatic carbocycles. The van der Waals surface area contributed by atoms with Crippen LogP contribution < -0.4 is 0 Å². The first-order chi connectivity index (χ1) is 7.17. The number of nitrogens with zero attached hydrogens (tertiary/aromatic N) is 2. The van der Waals surface area contributed by atoms with E-state index in [1.807, 2.05) is 0 Å². The second-order valence-electron chi connectivity index (χ2n) is 4.42. The fourth-order valence-corrected chi connectivity index (χ4v) is 2.22. The highest BCUT2D eigenvalue weighted by Gasteiger charge is 2.18. The quantitative estimate of drug-likeness (QED) is 0.612. The van der Waals surface area contributed by atoms with Crippen molar-refractivity contribution in [3.8, 4) is 6.07 Å². The minimum atomic E-state index is 0.616. The van der Waals surface area contributed by atoms with E-state index in [0.717, 1.165) is 6.54 Å². The van der Waals surface area contributed by atoms with E-state index in [1.165, 1.54) is 25.7 Å². The lowest BCUT2D eigenvalue weighted by Crippen LogP contribution is -2.40. The number of nitriles is 1. The zero-order valence-electron chi connectivity index (χ0n) is 10.8. The molecular formula is C13H26N2. The van der Waals surface area contributed by atoms with Crippen LogP contribution in [0.15, 0.2) is 0 Å². The summed E-state index contributed by atoms with van der Waals surface area (Å²) in [6, 6.07) is 3.48. The lowest BCUT2D eigenvalue weighted by Gasteiger charge is -2.34. The Labute approximate surface area is 95.3 Å². The van der Waals surface area contributed by atoms with Crippen molar-refractivity contribution in [2.45, 2.75) is 71.9 Å². The lowest BCUT2D eigenvalue weighted by atomic mass is 10.1. The summed E-state index contributed by atoms with van der Waals surface area (Å²) in [5.41, 5.74) is 0. The molecule has 2 unspecified atom stereocenters. The van der Waals surface area contributed by atoms with Gasteiger partial charge in [0.1, 0.15) is 0 Å². The SMILES string of the molecule is CCCC(C)N(CCC#N)C(C)CCC. The molecule has 0 amide bonds. The molecule has 0 aliphatic carbocycles. The van der Waals surface area contributed by atoms with Gasteiger partial charge < -0.3 is 0 Å². The Hall–Kier alpha value is -0.550. The zero-order valence-corrected chi connectivity index (χ0v) is 10.8. The van der Waals surface area contributed by atoms with Crippen LogP contribution in [0.3, 0.4) is 0 Å². The van der Waals surface area contributed by atoms with Crippen LogP contribution >= 0.6 is 0 Å². The van der Waals surface area contributed by atoms with Crippen LogP contribution in [0.2, 0.25) is 0 Å². The molecular weight excluding hydrogens is 184 g/mol. The van der Waals surface area contributed by atoms with Gasteiger partial charge in [0, 0.05) is 25.0 Å². The average molecular weight is 210 g/mol. The van der Waals surface area contributed by atoms with E-state index in [1.54, 1.807) is 0 Å². The smallest absolute Gasteiger partial charge is 0.0635 e. The molecule has 0 spiro atoms. The molecule has 0 N–H and O–H groups in total. The van der Waals surface area contributed by atoms with E-state index in [-0.39, 0.29) is 0 Å².